The average molecular weight is 296 g/mol. The van der Waals surface area contributed by atoms with E-state index in [1.807, 2.05) is 6.92 Å². The van der Waals surface area contributed by atoms with Crippen molar-refractivity contribution in [2.75, 3.05) is 6.61 Å². The number of carbonyl (C=O) groups is 1. The minimum Gasteiger partial charge on any atom is -0.466 e. The van der Waals surface area contributed by atoms with E-state index in [4.69, 9.17) is 9.47 Å². The summed E-state index contributed by atoms with van der Waals surface area (Å²) < 4.78 is 11.4. The number of unbranched alkanes of at least 4 members (excludes halogenated alkanes) is 3. The van der Waals surface area contributed by atoms with Gasteiger partial charge in [-0.15, -0.1) is 0 Å². The molecule has 0 N–H and O–H groups in total. The number of hydrogen-bond acceptors (Lipinski definition) is 3. The van der Waals surface area contributed by atoms with Gasteiger partial charge in [0.1, 0.15) is 0 Å². The third kappa shape index (κ3) is 6.21. The molecule has 0 aliphatic carbocycles. The van der Waals surface area contributed by atoms with E-state index in [1.54, 1.807) is 0 Å². The standard InChI is InChI=1S/C18H32O3/c1-5-8-9-10-11-16-12-15(4)13-18(6-2,21-16)14-17(19)20-7-3/h13,16H,5-12,14H2,1-4H3/t16-,18-/m0/s1. The molecule has 122 valence electrons. The molecule has 0 radical (unpaired) electrons. The topological polar surface area (TPSA) is 35.5 Å². The van der Waals surface area contributed by atoms with Crippen LogP contribution in [0.1, 0.15) is 79.1 Å². The Hall–Kier alpha value is -0.830. The van der Waals surface area contributed by atoms with Crippen LogP contribution in [0.5, 0.6) is 0 Å². The van der Waals surface area contributed by atoms with E-state index >= 15 is 0 Å². The highest BCUT2D eigenvalue weighted by Gasteiger charge is 2.36. The number of carbonyl (C=O) groups excluding carboxylic acids is 1. The fraction of sp³-hybridized carbons (Fsp3) is 0.833. The Morgan fingerprint density at radius 2 is 2.10 bits per heavy atom. The van der Waals surface area contributed by atoms with Gasteiger partial charge in [0.15, 0.2) is 0 Å². The van der Waals surface area contributed by atoms with E-state index < -0.39 is 5.60 Å². The molecule has 0 spiro atoms. The zero-order valence-electron chi connectivity index (χ0n) is 14.2. The van der Waals surface area contributed by atoms with Crippen LogP contribution >= 0.6 is 0 Å². The Kier molecular flexibility index (Phi) is 8.02. The van der Waals surface area contributed by atoms with Crippen LogP contribution < -0.4 is 0 Å². The lowest BCUT2D eigenvalue weighted by molar-refractivity contribution is -0.153. The summed E-state index contributed by atoms with van der Waals surface area (Å²) in [6.45, 7) is 8.74. The van der Waals surface area contributed by atoms with Gasteiger partial charge in [-0.2, -0.15) is 0 Å². The van der Waals surface area contributed by atoms with Gasteiger partial charge >= 0.3 is 5.97 Å². The molecule has 0 amide bonds. The van der Waals surface area contributed by atoms with Crippen molar-refractivity contribution < 1.29 is 14.3 Å². The molecule has 1 aliphatic heterocycles. The van der Waals surface area contributed by atoms with Crippen LogP contribution in [0.25, 0.3) is 0 Å². The van der Waals surface area contributed by atoms with Crippen LogP contribution in [-0.2, 0) is 14.3 Å². The van der Waals surface area contributed by atoms with E-state index in [-0.39, 0.29) is 12.1 Å². The van der Waals surface area contributed by atoms with Crippen LogP contribution in [0.2, 0.25) is 0 Å². The van der Waals surface area contributed by atoms with Crippen LogP contribution in [-0.4, -0.2) is 24.3 Å². The first kappa shape index (κ1) is 18.2. The highest BCUT2D eigenvalue weighted by atomic mass is 16.5. The predicted octanol–water partition coefficient (Wildman–Crippen LogP) is 4.79. The number of rotatable bonds is 9. The molecule has 1 aliphatic rings. The molecule has 0 unspecified atom stereocenters. The lowest BCUT2D eigenvalue weighted by Gasteiger charge is -2.38. The number of hydrogen-bond donors (Lipinski definition) is 0. The molecular weight excluding hydrogens is 264 g/mol. The van der Waals surface area contributed by atoms with Gasteiger partial charge in [-0.05, 0) is 33.1 Å². The summed E-state index contributed by atoms with van der Waals surface area (Å²) in [6, 6.07) is 0. The van der Waals surface area contributed by atoms with Crippen molar-refractivity contribution in [1.29, 1.82) is 0 Å². The van der Waals surface area contributed by atoms with Gasteiger partial charge in [-0.3, -0.25) is 4.79 Å². The second kappa shape index (κ2) is 9.24. The molecule has 0 fully saturated rings. The van der Waals surface area contributed by atoms with Gasteiger partial charge < -0.3 is 9.47 Å². The summed E-state index contributed by atoms with van der Waals surface area (Å²) in [5, 5.41) is 0. The minimum absolute atomic E-state index is 0.157. The first-order valence-electron chi connectivity index (χ1n) is 8.57. The first-order valence-corrected chi connectivity index (χ1v) is 8.57. The maximum Gasteiger partial charge on any atom is 0.309 e. The van der Waals surface area contributed by atoms with Crippen LogP contribution in [0.15, 0.2) is 11.6 Å². The highest BCUT2D eigenvalue weighted by molar-refractivity contribution is 5.71. The van der Waals surface area contributed by atoms with Crippen molar-refractivity contribution in [2.24, 2.45) is 0 Å². The summed E-state index contributed by atoms with van der Waals surface area (Å²) in [6.07, 6.45) is 10.7. The average Bonchev–Trinajstić information content (AvgIpc) is 2.43. The zero-order valence-corrected chi connectivity index (χ0v) is 14.2. The first-order chi connectivity index (χ1) is 10.0. The second-order valence-corrected chi connectivity index (χ2v) is 6.18. The van der Waals surface area contributed by atoms with Gasteiger partial charge in [-0.1, -0.05) is 51.2 Å². The molecule has 0 bridgehead atoms. The van der Waals surface area contributed by atoms with Crippen molar-refractivity contribution in [3.63, 3.8) is 0 Å². The molecule has 0 saturated heterocycles. The smallest absolute Gasteiger partial charge is 0.309 e. The van der Waals surface area contributed by atoms with Crippen molar-refractivity contribution in [1.82, 2.24) is 0 Å². The van der Waals surface area contributed by atoms with E-state index in [0.717, 1.165) is 19.3 Å². The van der Waals surface area contributed by atoms with Gasteiger partial charge in [0.2, 0.25) is 0 Å². The lowest BCUT2D eigenvalue weighted by Crippen LogP contribution is -2.40. The summed E-state index contributed by atoms with van der Waals surface area (Å²) in [5.74, 6) is -0.157. The van der Waals surface area contributed by atoms with Crippen molar-refractivity contribution in [3.8, 4) is 0 Å². The molecule has 2 atom stereocenters. The maximum absolute atomic E-state index is 11.9. The van der Waals surface area contributed by atoms with E-state index in [2.05, 4.69) is 26.8 Å². The quantitative estimate of drug-likeness (QED) is 0.348. The Bertz CT molecular complexity index is 348. The van der Waals surface area contributed by atoms with E-state index in [0.29, 0.717) is 13.0 Å². The molecule has 21 heavy (non-hydrogen) atoms. The molecule has 3 heteroatoms. The van der Waals surface area contributed by atoms with Gasteiger partial charge in [0.25, 0.3) is 0 Å². The monoisotopic (exact) mass is 296 g/mol. The number of ether oxygens (including phenoxy) is 2. The Labute approximate surface area is 130 Å². The zero-order chi connectivity index (χ0) is 15.7. The van der Waals surface area contributed by atoms with Gasteiger partial charge in [0.05, 0.1) is 24.7 Å². The summed E-state index contributed by atoms with van der Waals surface area (Å²) >= 11 is 0. The molecule has 3 nitrogen and oxygen atoms in total. The van der Waals surface area contributed by atoms with Crippen LogP contribution in [0.3, 0.4) is 0 Å². The molecule has 0 aromatic heterocycles. The SMILES string of the molecule is CCCCCC[C@H]1CC(C)=C[C@@](CC)(CC(=O)OCC)O1. The van der Waals surface area contributed by atoms with Crippen molar-refractivity contribution in [2.45, 2.75) is 90.8 Å². The summed E-state index contributed by atoms with van der Waals surface area (Å²) in [4.78, 5) is 11.9. The van der Waals surface area contributed by atoms with E-state index in [9.17, 15) is 4.79 Å². The molecule has 1 rings (SSSR count). The lowest BCUT2D eigenvalue weighted by atomic mass is 9.87. The molecular formula is C18H32O3. The third-order valence-corrected chi connectivity index (χ3v) is 4.19. The Balaban J connectivity index is 2.62. The fourth-order valence-corrected chi connectivity index (χ4v) is 3.09. The molecule has 1 heterocycles. The maximum atomic E-state index is 11.9. The minimum atomic E-state index is -0.454. The second-order valence-electron chi connectivity index (χ2n) is 6.18. The van der Waals surface area contributed by atoms with Gasteiger partial charge in [0, 0.05) is 0 Å². The molecule has 0 aromatic rings. The van der Waals surface area contributed by atoms with E-state index in [1.165, 1.54) is 31.3 Å². The summed E-state index contributed by atoms with van der Waals surface area (Å²) in [7, 11) is 0. The van der Waals surface area contributed by atoms with Crippen LogP contribution in [0.4, 0.5) is 0 Å². The Morgan fingerprint density at radius 3 is 2.71 bits per heavy atom. The highest BCUT2D eigenvalue weighted by Crippen LogP contribution is 2.34. The third-order valence-electron chi connectivity index (χ3n) is 4.19. The Morgan fingerprint density at radius 1 is 1.33 bits per heavy atom. The predicted molar refractivity (Wildman–Crippen MR) is 86.3 cm³/mol. The molecule has 0 saturated carbocycles. The normalized spacial score (nSPS) is 25.5. The fourth-order valence-electron chi connectivity index (χ4n) is 3.09. The largest absolute Gasteiger partial charge is 0.466 e. The van der Waals surface area contributed by atoms with Crippen molar-refractivity contribution in [3.05, 3.63) is 11.6 Å². The van der Waals surface area contributed by atoms with Gasteiger partial charge in [-0.25, -0.2) is 0 Å². The summed E-state index contributed by atoms with van der Waals surface area (Å²) in [5.41, 5.74) is 0.886. The van der Waals surface area contributed by atoms with Crippen LogP contribution in [0, 0.1) is 0 Å². The van der Waals surface area contributed by atoms with Crippen molar-refractivity contribution >= 4 is 5.97 Å². The molecule has 0 aromatic carbocycles. The number of esters is 1.